The van der Waals surface area contributed by atoms with Crippen molar-refractivity contribution in [1.82, 2.24) is 0 Å². The topological polar surface area (TPSA) is 50.1 Å². The predicted molar refractivity (Wildman–Crippen MR) is 69.0 cm³/mol. The molecule has 1 rings (SSSR count). The third kappa shape index (κ3) is 2.73. The van der Waals surface area contributed by atoms with E-state index >= 15 is 0 Å². The number of hydrogen-bond donors (Lipinski definition) is 0. The van der Waals surface area contributed by atoms with Crippen LogP contribution in [-0.2, 0) is 22.4 Å². The Balaban J connectivity index is 3.22. The zero-order chi connectivity index (χ0) is 12.1. The highest BCUT2D eigenvalue weighted by molar-refractivity contribution is 14.1. The monoisotopic (exact) mass is 329 g/mol. The Morgan fingerprint density at radius 1 is 1.56 bits per heavy atom. The number of methoxy groups -OCH3 is 1. The van der Waals surface area contributed by atoms with E-state index < -0.39 is 0 Å². The number of halogens is 1. The van der Waals surface area contributed by atoms with Crippen LogP contribution in [0.2, 0.25) is 0 Å². The van der Waals surface area contributed by atoms with Crippen molar-refractivity contribution in [2.75, 3.05) is 7.11 Å². The highest BCUT2D eigenvalue weighted by Gasteiger charge is 2.13. The smallest absolute Gasteiger partial charge is 0.310 e. The normalized spacial score (nSPS) is 9.62. The van der Waals surface area contributed by atoms with Crippen molar-refractivity contribution >= 4 is 28.6 Å². The van der Waals surface area contributed by atoms with Crippen LogP contribution >= 0.6 is 22.6 Å². The van der Waals surface area contributed by atoms with Crippen LogP contribution < -0.4 is 0 Å². The number of nitrogens with zero attached hydrogens (tertiary/aromatic N) is 1. The molecule has 0 spiro atoms. The fraction of sp³-hybridized carbons (Fsp3) is 0.333. The minimum atomic E-state index is -0.275. The fourth-order valence-electron chi connectivity index (χ4n) is 1.49. The van der Waals surface area contributed by atoms with Crippen LogP contribution in [0.25, 0.3) is 0 Å². The first kappa shape index (κ1) is 13.0. The quantitative estimate of drug-likeness (QED) is 0.632. The molecule has 1 aromatic carbocycles. The van der Waals surface area contributed by atoms with Crippen molar-refractivity contribution in [2.45, 2.75) is 19.8 Å². The minimum Gasteiger partial charge on any atom is -0.469 e. The first-order valence-corrected chi connectivity index (χ1v) is 5.99. The molecule has 84 valence electrons. The van der Waals surface area contributed by atoms with Crippen LogP contribution in [0, 0.1) is 14.9 Å². The summed E-state index contributed by atoms with van der Waals surface area (Å²) in [6.45, 7) is 2.03. The lowest BCUT2D eigenvalue weighted by Gasteiger charge is -2.10. The molecule has 0 amide bonds. The van der Waals surface area contributed by atoms with Gasteiger partial charge in [0.05, 0.1) is 19.1 Å². The Morgan fingerprint density at radius 3 is 2.75 bits per heavy atom. The second kappa shape index (κ2) is 5.85. The summed E-state index contributed by atoms with van der Waals surface area (Å²) < 4.78 is 5.51. The van der Waals surface area contributed by atoms with E-state index in [1.807, 2.05) is 13.0 Å². The Hall–Kier alpha value is -1.09. The average molecular weight is 329 g/mol. The Kier molecular flexibility index (Phi) is 4.74. The number of carbonyl (C=O) groups is 1. The molecule has 0 aromatic heterocycles. The fourth-order valence-corrected chi connectivity index (χ4v) is 2.32. The summed E-state index contributed by atoms with van der Waals surface area (Å²) in [6.07, 6.45) is 1.07. The van der Waals surface area contributed by atoms with Crippen LogP contribution in [0.5, 0.6) is 0 Å². The summed E-state index contributed by atoms with van der Waals surface area (Å²) in [5.74, 6) is -0.275. The number of rotatable bonds is 3. The van der Waals surface area contributed by atoms with Gasteiger partial charge < -0.3 is 4.74 Å². The zero-order valence-electron chi connectivity index (χ0n) is 9.21. The van der Waals surface area contributed by atoms with E-state index in [-0.39, 0.29) is 12.4 Å². The van der Waals surface area contributed by atoms with E-state index in [1.165, 1.54) is 7.11 Å². The van der Waals surface area contributed by atoms with E-state index in [1.54, 1.807) is 6.07 Å². The van der Waals surface area contributed by atoms with E-state index in [9.17, 15) is 4.79 Å². The molecule has 0 atom stereocenters. The van der Waals surface area contributed by atoms with E-state index in [4.69, 9.17) is 5.26 Å². The molecule has 4 heteroatoms. The number of hydrogen-bond acceptors (Lipinski definition) is 3. The summed E-state index contributed by atoms with van der Waals surface area (Å²) in [7, 11) is 1.37. The van der Waals surface area contributed by atoms with Gasteiger partial charge in [0.15, 0.2) is 0 Å². The molecule has 0 aliphatic carbocycles. The molecule has 3 nitrogen and oxygen atoms in total. The highest BCUT2D eigenvalue weighted by atomic mass is 127. The van der Waals surface area contributed by atoms with Crippen LogP contribution in [0.4, 0.5) is 0 Å². The first-order valence-electron chi connectivity index (χ1n) is 4.91. The summed E-state index contributed by atoms with van der Waals surface area (Å²) in [4.78, 5) is 11.3. The number of nitriles is 1. The summed E-state index contributed by atoms with van der Waals surface area (Å²) >= 11 is 2.11. The van der Waals surface area contributed by atoms with Gasteiger partial charge in [-0.25, -0.2) is 0 Å². The highest BCUT2D eigenvalue weighted by Crippen LogP contribution is 2.22. The van der Waals surface area contributed by atoms with E-state index in [0.29, 0.717) is 5.56 Å². The Labute approximate surface area is 109 Å². The SMILES string of the molecule is CCc1ccc(C#N)c(I)c1CC(=O)OC. The molecule has 1 aromatic rings. The van der Waals surface area contributed by atoms with E-state index in [0.717, 1.165) is 21.1 Å². The van der Waals surface area contributed by atoms with Crippen LogP contribution in [0.15, 0.2) is 12.1 Å². The number of carbonyl (C=O) groups excluding carboxylic acids is 1. The maximum atomic E-state index is 11.3. The molecule has 0 radical (unpaired) electrons. The lowest BCUT2D eigenvalue weighted by molar-refractivity contribution is -0.139. The molecule has 0 aliphatic heterocycles. The second-order valence-electron chi connectivity index (χ2n) is 3.28. The Bertz CT molecular complexity index is 449. The van der Waals surface area contributed by atoms with Gasteiger partial charge in [-0.15, -0.1) is 0 Å². The van der Waals surface area contributed by atoms with Crippen molar-refractivity contribution in [3.05, 3.63) is 32.4 Å². The van der Waals surface area contributed by atoms with Gasteiger partial charge in [0, 0.05) is 3.57 Å². The van der Waals surface area contributed by atoms with Gasteiger partial charge in [-0.3, -0.25) is 4.79 Å². The lowest BCUT2D eigenvalue weighted by atomic mass is 10.00. The molecule has 0 saturated heterocycles. The number of esters is 1. The van der Waals surface area contributed by atoms with Crippen LogP contribution in [-0.4, -0.2) is 13.1 Å². The molecule has 0 fully saturated rings. The van der Waals surface area contributed by atoms with Crippen molar-refractivity contribution < 1.29 is 9.53 Å². The molecule has 16 heavy (non-hydrogen) atoms. The molecule has 0 saturated carbocycles. The number of benzene rings is 1. The molecule has 0 heterocycles. The molecular weight excluding hydrogens is 317 g/mol. The maximum Gasteiger partial charge on any atom is 0.310 e. The number of aryl methyl sites for hydroxylation is 1. The van der Waals surface area contributed by atoms with Crippen LogP contribution in [0.1, 0.15) is 23.6 Å². The molecule has 0 unspecified atom stereocenters. The van der Waals surface area contributed by atoms with Crippen molar-refractivity contribution in [3.63, 3.8) is 0 Å². The first-order chi connectivity index (χ1) is 7.63. The standard InChI is InChI=1S/C12H12INO2/c1-3-8-4-5-9(7-14)12(13)10(8)6-11(15)16-2/h4-5H,3,6H2,1-2H3. The van der Waals surface area contributed by atoms with Gasteiger partial charge >= 0.3 is 5.97 Å². The maximum absolute atomic E-state index is 11.3. The van der Waals surface area contributed by atoms with E-state index in [2.05, 4.69) is 33.4 Å². The lowest BCUT2D eigenvalue weighted by Crippen LogP contribution is -2.09. The number of ether oxygens (including phenoxy) is 1. The molecular formula is C12H12INO2. The summed E-state index contributed by atoms with van der Waals surface area (Å²) in [6, 6.07) is 5.81. The largest absolute Gasteiger partial charge is 0.469 e. The molecule has 0 aliphatic rings. The van der Waals surface area contributed by atoms with Gasteiger partial charge in [-0.05, 0) is 46.2 Å². The van der Waals surface area contributed by atoms with Gasteiger partial charge in [0.2, 0.25) is 0 Å². The summed E-state index contributed by atoms with van der Waals surface area (Å²) in [5, 5.41) is 8.93. The van der Waals surface area contributed by atoms with Gasteiger partial charge in [-0.1, -0.05) is 13.0 Å². The van der Waals surface area contributed by atoms with Crippen molar-refractivity contribution in [1.29, 1.82) is 5.26 Å². The average Bonchev–Trinajstić information content (AvgIpc) is 2.31. The zero-order valence-corrected chi connectivity index (χ0v) is 11.4. The summed E-state index contributed by atoms with van der Waals surface area (Å²) in [5.41, 5.74) is 2.61. The van der Waals surface area contributed by atoms with Crippen molar-refractivity contribution in [2.24, 2.45) is 0 Å². The Morgan fingerprint density at radius 2 is 2.25 bits per heavy atom. The van der Waals surface area contributed by atoms with Gasteiger partial charge in [0.1, 0.15) is 6.07 Å². The third-order valence-electron chi connectivity index (χ3n) is 2.39. The molecule has 0 bridgehead atoms. The van der Waals surface area contributed by atoms with Crippen molar-refractivity contribution in [3.8, 4) is 6.07 Å². The predicted octanol–water partition coefficient (Wildman–Crippen LogP) is 2.44. The van der Waals surface area contributed by atoms with Gasteiger partial charge in [0.25, 0.3) is 0 Å². The second-order valence-corrected chi connectivity index (χ2v) is 4.36. The molecule has 0 N–H and O–H groups in total. The minimum absolute atomic E-state index is 0.230. The van der Waals surface area contributed by atoms with Crippen LogP contribution in [0.3, 0.4) is 0 Å². The third-order valence-corrected chi connectivity index (χ3v) is 3.62. The van der Waals surface area contributed by atoms with Gasteiger partial charge in [-0.2, -0.15) is 5.26 Å².